The van der Waals surface area contributed by atoms with Crippen molar-refractivity contribution in [3.05, 3.63) is 27.9 Å². The van der Waals surface area contributed by atoms with E-state index in [1.165, 1.54) is 31.1 Å². The van der Waals surface area contributed by atoms with E-state index in [9.17, 15) is 19.7 Å². The maximum Gasteiger partial charge on any atom is 0.345 e. The van der Waals surface area contributed by atoms with Gasteiger partial charge in [-0.25, -0.2) is 14.6 Å². The number of nitro groups is 1. The molecule has 23 heavy (non-hydrogen) atoms. The van der Waals surface area contributed by atoms with E-state index in [0.717, 1.165) is 0 Å². The molecule has 0 N–H and O–H groups in total. The Morgan fingerprint density at radius 3 is 2.48 bits per heavy atom. The number of likely N-dealkylation sites (N-methyl/N-ethyl adjacent to an activating group) is 1. The zero-order valence-corrected chi connectivity index (χ0v) is 13.4. The highest BCUT2D eigenvalue weighted by molar-refractivity contribution is 5.96. The lowest BCUT2D eigenvalue weighted by atomic mass is 10.2. The third-order valence-electron chi connectivity index (χ3n) is 3.13. The van der Waals surface area contributed by atoms with E-state index in [2.05, 4.69) is 4.98 Å². The molecule has 1 aromatic rings. The first kappa shape index (κ1) is 18.3. The van der Waals surface area contributed by atoms with Gasteiger partial charge >= 0.3 is 17.6 Å². The van der Waals surface area contributed by atoms with Crippen molar-refractivity contribution in [3.8, 4) is 0 Å². The summed E-state index contributed by atoms with van der Waals surface area (Å²) in [6.45, 7) is 5.06. The first-order valence-corrected chi connectivity index (χ1v) is 7.05. The van der Waals surface area contributed by atoms with E-state index in [-0.39, 0.29) is 24.6 Å². The SMILES string of the molecule is CCOC(=O)c1ccnc(N(C)[C@@H](C)C(=O)OCC)c1[N+](=O)[O-]. The van der Waals surface area contributed by atoms with E-state index < -0.39 is 28.6 Å². The Kier molecular flexibility index (Phi) is 6.43. The van der Waals surface area contributed by atoms with Crippen molar-refractivity contribution in [2.24, 2.45) is 0 Å². The van der Waals surface area contributed by atoms with E-state index in [1.807, 2.05) is 0 Å². The normalized spacial score (nSPS) is 11.5. The monoisotopic (exact) mass is 325 g/mol. The number of hydrogen-bond donors (Lipinski definition) is 0. The zero-order valence-electron chi connectivity index (χ0n) is 13.4. The average Bonchev–Trinajstić information content (AvgIpc) is 2.53. The number of nitrogens with zero attached hydrogens (tertiary/aromatic N) is 3. The number of hydrogen-bond acceptors (Lipinski definition) is 8. The molecule has 0 fully saturated rings. The number of carbonyl (C=O) groups excluding carboxylic acids is 2. The molecule has 0 aliphatic heterocycles. The average molecular weight is 325 g/mol. The Morgan fingerprint density at radius 1 is 1.35 bits per heavy atom. The molecule has 0 bridgehead atoms. The van der Waals surface area contributed by atoms with Gasteiger partial charge < -0.3 is 14.4 Å². The lowest BCUT2D eigenvalue weighted by molar-refractivity contribution is -0.384. The number of pyridine rings is 1. The van der Waals surface area contributed by atoms with E-state index in [0.29, 0.717) is 0 Å². The lowest BCUT2D eigenvalue weighted by Crippen LogP contribution is -2.38. The van der Waals surface area contributed by atoms with Crippen LogP contribution < -0.4 is 4.90 Å². The second-order valence-corrected chi connectivity index (χ2v) is 4.55. The maximum atomic E-state index is 11.9. The van der Waals surface area contributed by atoms with Crippen molar-refractivity contribution in [3.63, 3.8) is 0 Å². The molecule has 1 heterocycles. The van der Waals surface area contributed by atoms with Crippen molar-refractivity contribution in [2.75, 3.05) is 25.2 Å². The molecule has 9 heteroatoms. The topological polar surface area (TPSA) is 112 Å². The largest absolute Gasteiger partial charge is 0.464 e. The van der Waals surface area contributed by atoms with Crippen LogP contribution >= 0.6 is 0 Å². The van der Waals surface area contributed by atoms with Crippen LogP contribution in [0.5, 0.6) is 0 Å². The molecule has 1 aromatic heterocycles. The summed E-state index contributed by atoms with van der Waals surface area (Å²) in [5.74, 6) is -1.48. The van der Waals surface area contributed by atoms with E-state index >= 15 is 0 Å². The van der Waals surface area contributed by atoms with E-state index in [1.54, 1.807) is 13.8 Å². The van der Waals surface area contributed by atoms with Crippen molar-refractivity contribution >= 4 is 23.4 Å². The van der Waals surface area contributed by atoms with Crippen LogP contribution in [0.3, 0.4) is 0 Å². The number of ether oxygens (including phenoxy) is 2. The molecular weight excluding hydrogens is 306 g/mol. The highest BCUT2D eigenvalue weighted by atomic mass is 16.6. The highest BCUT2D eigenvalue weighted by Crippen LogP contribution is 2.30. The smallest absolute Gasteiger partial charge is 0.345 e. The first-order chi connectivity index (χ1) is 10.8. The minimum absolute atomic E-state index is 0.0860. The van der Waals surface area contributed by atoms with Crippen molar-refractivity contribution in [1.29, 1.82) is 0 Å². The second-order valence-electron chi connectivity index (χ2n) is 4.55. The molecule has 0 aliphatic carbocycles. The summed E-state index contributed by atoms with van der Waals surface area (Å²) in [5, 5.41) is 11.4. The summed E-state index contributed by atoms with van der Waals surface area (Å²) in [4.78, 5) is 39.6. The van der Waals surface area contributed by atoms with Gasteiger partial charge in [-0.1, -0.05) is 0 Å². The highest BCUT2D eigenvalue weighted by Gasteiger charge is 2.32. The molecule has 0 aromatic carbocycles. The van der Waals surface area contributed by atoms with Gasteiger partial charge in [-0.3, -0.25) is 10.1 Å². The number of anilines is 1. The molecule has 0 aliphatic rings. The molecule has 1 rings (SSSR count). The quantitative estimate of drug-likeness (QED) is 0.422. The van der Waals surface area contributed by atoms with Gasteiger partial charge in [0.25, 0.3) is 0 Å². The lowest BCUT2D eigenvalue weighted by Gasteiger charge is -2.24. The molecule has 0 radical (unpaired) electrons. The number of rotatable bonds is 7. The van der Waals surface area contributed by atoms with E-state index in [4.69, 9.17) is 9.47 Å². The first-order valence-electron chi connectivity index (χ1n) is 7.05. The number of aromatic nitrogens is 1. The van der Waals surface area contributed by atoms with Gasteiger partial charge in [-0.05, 0) is 26.8 Å². The fourth-order valence-electron chi connectivity index (χ4n) is 1.86. The third kappa shape index (κ3) is 4.15. The molecule has 126 valence electrons. The molecule has 0 unspecified atom stereocenters. The summed E-state index contributed by atoms with van der Waals surface area (Å²) in [7, 11) is 1.46. The Morgan fingerprint density at radius 2 is 1.96 bits per heavy atom. The predicted molar refractivity (Wildman–Crippen MR) is 81.3 cm³/mol. The van der Waals surface area contributed by atoms with Gasteiger partial charge in [-0.15, -0.1) is 0 Å². The van der Waals surface area contributed by atoms with Gasteiger partial charge in [0, 0.05) is 13.2 Å². The Balaban J connectivity index is 3.30. The van der Waals surface area contributed by atoms with Crippen molar-refractivity contribution in [2.45, 2.75) is 26.8 Å². The molecule has 0 amide bonds. The van der Waals surface area contributed by atoms with Crippen molar-refractivity contribution in [1.82, 2.24) is 4.98 Å². The molecule has 0 saturated heterocycles. The van der Waals surface area contributed by atoms with Gasteiger partial charge in [0.1, 0.15) is 11.6 Å². The van der Waals surface area contributed by atoms with Crippen LogP contribution in [0.2, 0.25) is 0 Å². The van der Waals surface area contributed by atoms with Crippen molar-refractivity contribution < 1.29 is 24.0 Å². The Bertz CT molecular complexity index is 604. The van der Waals surface area contributed by atoms with Gasteiger partial charge in [-0.2, -0.15) is 0 Å². The summed E-state index contributed by atoms with van der Waals surface area (Å²) < 4.78 is 9.71. The second kappa shape index (κ2) is 8.06. The summed E-state index contributed by atoms with van der Waals surface area (Å²) in [6, 6.07) is 0.404. The zero-order chi connectivity index (χ0) is 17.6. The fourth-order valence-corrected chi connectivity index (χ4v) is 1.86. The Labute approximate surface area is 133 Å². The third-order valence-corrected chi connectivity index (χ3v) is 3.13. The standard InChI is InChI=1S/C14H19N3O6/c1-5-22-13(18)9(3)16(4)12-11(17(20)21)10(7-8-15-12)14(19)23-6-2/h7-9H,5-6H2,1-4H3/t9-/m0/s1. The van der Waals surface area contributed by atoms with Crippen LogP contribution in [0.15, 0.2) is 12.3 Å². The number of carbonyl (C=O) groups is 2. The van der Waals surface area contributed by atoms with Crippen LogP contribution in [0.1, 0.15) is 31.1 Å². The molecular formula is C14H19N3O6. The molecule has 1 atom stereocenters. The van der Waals surface area contributed by atoms with Crippen LogP contribution in [0, 0.1) is 10.1 Å². The van der Waals surface area contributed by atoms with Gasteiger partial charge in [0.05, 0.1) is 18.1 Å². The summed E-state index contributed by atoms with van der Waals surface area (Å²) >= 11 is 0. The predicted octanol–water partition coefficient (Wildman–Crippen LogP) is 1.55. The fraction of sp³-hybridized carbons (Fsp3) is 0.500. The summed E-state index contributed by atoms with van der Waals surface area (Å²) in [5.41, 5.74) is -0.727. The molecule has 0 spiro atoms. The maximum absolute atomic E-state index is 11.9. The Hall–Kier alpha value is -2.71. The van der Waals surface area contributed by atoms with Gasteiger partial charge in [0.15, 0.2) is 0 Å². The molecule has 0 saturated carbocycles. The van der Waals surface area contributed by atoms with Crippen LogP contribution in [-0.2, 0) is 14.3 Å². The molecule has 9 nitrogen and oxygen atoms in total. The number of esters is 2. The summed E-state index contributed by atoms with van der Waals surface area (Å²) in [6.07, 6.45) is 1.25. The minimum atomic E-state index is -0.819. The van der Waals surface area contributed by atoms with Crippen LogP contribution in [0.25, 0.3) is 0 Å². The minimum Gasteiger partial charge on any atom is -0.464 e. The van der Waals surface area contributed by atoms with Crippen LogP contribution in [-0.4, -0.2) is 48.1 Å². The van der Waals surface area contributed by atoms with Gasteiger partial charge in [0.2, 0.25) is 5.82 Å². The van der Waals surface area contributed by atoms with Crippen LogP contribution in [0.4, 0.5) is 11.5 Å².